The normalized spacial score (nSPS) is 11.8. The molecular weight excluding hydrogens is 308 g/mol. The van der Waals surface area contributed by atoms with Crippen molar-refractivity contribution >= 4 is 26.1 Å². The lowest BCUT2D eigenvalue weighted by Gasteiger charge is -2.12. The summed E-state index contributed by atoms with van der Waals surface area (Å²) in [4.78, 5) is 0. The van der Waals surface area contributed by atoms with Crippen LogP contribution in [0.25, 0.3) is 0 Å². The van der Waals surface area contributed by atoms with E-state index in [-0.39, 0.29) is 13.2 Å². The summed E-state index contributed by atoms with van der Waals surface area (Å²) in [6.45, 7) is 0.510. The number of halogens is 1. The summed E-state index contributed by atoms with van der Waals surface area (Å²) in [5.41, 5.74) is 0. The molecule has 1 rings (SSSR count). The summed E-state index contributed by atoms with van der Waals surface area (Å²) in [6, 6.07) is 7.37. The van der Waals surface area contributed by atoms with Gasteiger partial charge in [0.05, 0.1) is 0 Å². The summed E-state index contributed by atoms with van der Waals surface area (Å²) < 4.78 is 32.5. The molecular formula is C10H15BrN2O3S. The molecule has 0 saturated carbocycles. The lowest BCUT2D eigenvalue weighted by atomic mass is 10.3. The average molecular weight is 323 g/mol. The van der Waals surface area contributed by atoms with Crippen LogP contribution in [0.1, 0.15) is 0 Å². The topological polar surface area (TPSA) is 58.6 Å². The third kappa shape index (κ3) is 5.03. The Balaban J connectivity index is 2.35. The van der Waals surface area contributed by atoms with Gasteiger partial charge in [0.1, 0.15) is 12.4 Å². The van der Waals surface area contributed by atoms with Gasteiger partial charge in [-0.2, -0.15) is 17.4 Å². The summed E-state index contributed by atoms with van der Waals surface area (Å²) in [5, 5.41) is 0. The molecule has 0 spiro atoms. The van der Waals surface area contributed by atoms with E-state index in [0.717, 1.165) is 8.78 Å². The fourth-order valence-electron chi connectivity index (χ4n) is 1.03. The summed E-state index contributed by atoms with van der Waals surface area (Å²) >= 11 is 3.32. The van der Waals surface area contributed by atoms with Gasteiger partial charge >= 0.3 is 0 Å². The van der Waals surface area contributed by atoms with E-state index in [1.54, 1.807) is 0 Å². The van der Waals surface area contributed by atoms with E-state index in [9.17, 15) is 8.42 Å². The molecule has 5 nitrogen and oxygen atoms in total. The Hall–Kier alpha value is -0.630. The Labute approximate surface area is 110 Å². The van der Waals surface area contributed by atoms with Crippen molar-refractivity contribution in [2.24, 2.45) is 0 Å². The van der Waals surface area contributed by atoms with E-state index < -0.39 is 10.2 Å². The smallest absolute Gasteiger partial charge is 0.279 e. The molecule has 17 heavy (non-hydrogen) atoms. The van der Waals surface area contributed by atoms with Crippen LogP contribution in [0, 0.1) is 0 Å². The molecule has 0 fully saturated rings. The van der Waals surface area contributed by atoms with Crippen molar-refractivity contribution in [1.82, 2.24) is 9.03 Å². The van der Waals surface area contributed by atoms with Crippen LogP contribution < -0.4 is 9.46 Å². The van der Waals surface area contributed by atoms with Gasteiger partial charge in [-0.3, -0.25) is 0 Å². The maximum absolute atomic E-state index is 11.3. The van der Waals surface area contributed by atoms with Crippen molar-refractivity contribution in [3.8, 4) is 5.75 Å². The number of hydrogen-bond acceptors (Lipinski definition) is 3. The standard InChI is InChI=1S/C10H15BrN2O3S/c1-13(2)17(14,15)12-6-7-16-10-5-3-4-9(11)8-10/h3-5,8,12H,6-7H2,1-2H3. The van der Waals surface area contributed by atoms with E-state index in [1.165, 1.54) is 14.1 Å². The highest BCUT2D eigenvalue weighted by Crippen LogP contribution is 2.17. The Morgan fingerprint density at radius 2 is 2.12 bits per heavy atom. The van der Waals surface area contributed by atoms with Crippen molar-refractivity contribution in [3.05, 3.63) is 28.7 Å². The zero-order chi connectivity index (χ0) is 12.9. The molecule has 0 amide bonds. The van der Waals surface area contributed by atoms with Gasteiger partial charge in [0.15, 0.2) is 0 Å². The zero-order valence-electron chi connectivity index (χ0n) is 9.68. The second kappa shape index (κ2) is 6.34. The van der Waals surface area contributed by atoms with Crippen LogP contribution in [0.3, 0.4) is 0 Å². The minimum atomic E-state index is -3.37. The molecule has 0 aliphatic carbocycles. The number of nitrogens with zero attached hydrogens (tertiary/aromatic N) is 1. The van der Waals surface area contributed by atoms with Crippen LogP contribution in [0.4, 0.5) is 0 Å². The van der Waals surface area contributed by atoms with E-state index in [2.05, 4.69) is 20.7 Å². The molecule has 0 aliphatic heterocycles. The molecule has 0 atom stereocenters. The monoisotopic (exact) mass is 322 g/mol. The number of nitrogens with one attached hydrogen (secondary N) is 1. The van der Waals surface area contributed by atoms with E-state index in [1.807, 2.05) is 24.3 Å². The fraction of sp³-hybridized carbons (Fsp3) is 0.400. The molecule has 96 valence electrons. The lowest BCUT2D eigenvalue weighted by Crippen LogP contribution is -2.37. The molecule has 0 saturated heterocycles. The highest BCUT2D eigenvalue weighted by Gasteiger charge is 2.11. The molecule has 1 aromatic carbocycles. The van der Waals surface area contributed by atoms with Gasteiger partial charge in [-0.15, -0.1) is 0 Å². The first-order valence-corrected chi connectivity index (χ1v) is 7.20. The van der Waals surface area contributed by atoms with Crippen LogP contribution >= 0.6 is 15.9 Å². The van der Waals surface area contributed by atoms with Gasteiger partial charge in [-0.05, 0) is 18.2 Å². The zero-order valence-corrected chi connectivity index (χ0v) is 12.1. The molecule has 0 bridgehead atoms. The summed E-state index contributed by atoms with van der Waals surface area (Å²) in [7, 11) is -0.427. The maximum Gasteiger partial charge on any atom is 0.279 e. The molecule has 1 aromatic rings. The second-order valence-corrected chi connectivity index (χ2v) is 6.37. The van der Waals surface area contributed by atoms with Crippen molar-refractivity contribution in [2.75, 3.05) is 27.2 Å². The Kier molecular flexibility index (Phi) is 5.38. The average Bonchev–Trinajstić information content (AvgIpc) is 2.24. The lowest BCUT2D eigenvalue weighted by molar-refractivity contribution is 0.321. The van der Waals surface area contributed by atoms with E-state index in [4.69, 9.17) is 4.74 Å². The number of hydrogen-bond donors (Lipinski definition) is 1. The van der Waals surface area contributed by atoms with Gasteiger partial charge < -0.3 is 4.74 Å². The first kappa shape index (κ1) is 14.4. The van der Waals surface area contributed by atoms with Gasteiger partial charge in [-0.1, -0.05) is 22.0 Å². The van der Waals surface area contributed by atoms with Crippen molar-refractivity contribution < 1.29 is 13.2 Å². The van der Waals surface area contributed by atoms with Crippen molar-refractivity contribution in [2.45, 2.75) is 0 Å². The number of rotatable bonds is 6. The van der Waals surface area contributed by atoms with Gasteiger partial charge in [0.25, 0.3) is 10.2 Å². The quantitative estimate of drug-likeness (QED) is 0.801. The highest BCUT2D eigenvalue weighted by molar-refractivity contribution is 9.10. The molecule has 0 heterocycles. The molecule has 0 aliphatic rings. The largest absolute Gasteiger partial charge is 0.492 e. The molecule has 0 unspecified atom stereocenters. The fourth-order valence-corrected chi connectivity index (χ4v) is 2.00. The third-order valence-electron chi connectivity index (χ3n) is 1.93. The molecule has 0 radical (unpaired) electrons. The second-order valence-electron chi connectivity index (χ2n) is 3.49. The minimum Gasteiger partial charge on any atom is -0.492 e. The molecule has 1 N–H and O–H groups in total. The number of ether oxygens (including phenoxy) is 1. The summed E-state index contributed by atoms with van der Waals surface area (Å²) in [6.07, 6.45) is 0. The van der Waals surface area contributed by atoms with Crippen LogP contribution in [0.15, 0.2) is 28.7 Å². The SMILES string of the molecule is CN(C)S(=O)(=O)NCCOc1cccc(Br)c1. The van der Waals surface area contributed by atoms with Crippen LogP contribution in [0.5, 0.6) is 5.75 Å². The maximum atomic E-state index is 11.3. The van der Waals surface area contributed by atoms with Gasteiger partial charge in [0, 0.05) is 25.1 Å². The van der Waals surface area contributed by atoms with E-state index in [0.29, 0.717) is 5.75 Å². The van der Waals surface area contributed by atoms with Crippen LogP contribution in [-0.2, 0) is 10.2 Å². The Morgan fingerprint density at radius 3 is 2.71 bits per heavy atom. The van der Waals surface area contributed by atoms with Crippen LogP contribution in [0.2, 0.25) is 0 Å². The molecule has 7 heteroatoms. The van der Waals surface area contributed by atoms with Gasteiger partial charge in [-0.25, -0.2) is 0 Å². The first-order valence-electron chi connectivity index (χ1n) is 4.97. The van der Waals surface area contributed by atoms with Crippen molar-refractivity contribution in [3.63, 3.8) is 0 Å². The Bertz CT molecular complexity index is 462. The van der Waals surface area contributed by atoms with Crippen LogP contribution in [-0.4, -0.2) is 40.0 Å². The summed E-state index contributed by atoms with van der Waals surface area (Å²) in [5.74, 6) is 0.698. The molecule has 0 aromatic heterocycles. The van der Waals surface area contributed by atoms with Crippen molar-refractivity contribution in [1.29, 1.82) is 0 Å². The first-order chi connectivity index (χ1) is 7.92. The van der Waals surface area contributed by atoms with Gasteiger partial charge in [0.2, 0.25) is 0 Å². The number of benzene rings is 1. The third-order valence-corrected chi connectivity index (χ3v) is 3.96. The van der Waals surface area contributed by atoms with E-state index >= 15 is 0 Å². The predicted molar refractivity (Wildman–Crippen MR) is 70.2 cm³/mol. The Morgan fingerprint density at radius 1 is 1.41 bits per heavy atom. The minimum absolute atomic E-state index is 0.229. The highest BCUT2D eigenvalue weighted by atomic mass is 79.9. The predicted octanol–water partition coefficient (Wildman–Crippen LogP) is 1.22.